The highest BCUT2D eigenvalue weighted by Gasteiger charge is 2.27. The van der Waals surface area contributed by atoms with Crippen LogP contribution >= 0.6 is 0 Å². The minimum Gasteiger partial charge on any atom is -0.345 e. The summed E-state index contributed by atoms with van der Waals surface area (Å²) in [6, 6.07) is 13.0. The Bertz CT molecular complexity index is 881. The van der Waals surface area contributed by atoms with Crippen LogP contribution in [-0.4, -0.2) is 26.4 Å². The number of amides is 1. The van der Waals surface area contributed by atoms with Gasteiger partial charge in [-0.15, -0.1) is 0 Å². The molecule has 0 bridgehead atoms. The summed E-state index contributed by atoms with van der Waals surface area (Å²) in [5, 5.41) is 2.97. The number of hydrogen-bond donors (Lipinski definition) is 3. The van der Waals surface area contributed by atoms with Crippen LogP contribution in [0.4, 0.5) is 5.69 Å². The van der Waals surface area contributed by atoms with Crippen LogP contribution < -0.4 is 15.8 Å². The minimum absolute atomic E-state index is 0.0957. The summed E-state index contributed by atoms with van der Waals surface area (Å²) in [5.74, 6) is -0.264. The second-order valence-corrected chi connectivity index (χ2v) is 8.27. The fraction of sp³-hybridized carbons (Fsp3) is 0.350. The van der Waals surface area contributed by atoms with Crippen LogP contribution in [0, 0.1) is 6.92 Å². The molecule has 0 saturated heterocycles. The third-order valence-corrected chi connectivity index (χ3v) is 6.32. The molecule has 146 valence electrons. The van der Waals surface area contributed by atoms with Gasteiger partial charge in [-0.2, -0.15) is 0 Å². The van der Waals surface area contributed by atoms with Crippen molar-refractivity contribution >= 4 is 21.6 Å². The number of para-hydroxylation sites is 1. The fourth-order valence-electron chi connectivity index (χ4n) is 2.76. The maximum atomic E-state index is 12.6. The summed E-state index contributed by atoms with van der Waals surface area (Å²) >= 11 is 0. The van der Waals surface area contributed by atoms with Crippen molar-refractivity contribution < 1.29 is 13.2 Å². The van der Waals surface area contributed by atoms with Crippen LogP contribution in [0.1, 0.15) is 42.6 Å². The molecule has 0 spiro atoms. The van der Waals surface area contributed by atoms with Crippen molar-refractivity contribution in [2.75, 3.05) is 11.3 Å². The number of carbonyl (C=O) groups is 1. The first kappa shape index (κ1) is 20.9. The van der Waals surface area contributed by atoms with Crippen molar-refractivity contribution in [1.29, 1.82) is 0 Å². The number of rotatable bonds is 8. The zero-order valence-electron chi connectivity index (χ0n) is 16.0. The van der Waals surface area contributed by atoms with Gasteiger partial charge in [0, 0.05) is 12.1 Å². The monoisotopic (exact) mass is 389 g/mol. The van der Waals surface area contributed by atoms with E-state index in [0.717, 1.165) is 18.4 Å². The van der Waals surface area contributed by atoms with E-state index in [0.29, 0.717) is 17.8 Å². The van der Waals surface area contributed by atoms with Gasteiger partial charge in [-0.1, -0.05) is 32.0 Å². The van der Waals surface area contributed by atoms with Crippen molar-refractivity contribution in [3.05, 3.63) is 59.7 Å². The van der Waals surface area contributed by atoms with Gasteiger partial charge >= 0.3 is 0 Å². The summed E-state index contributed by atoms with van der Waals surface area (Å²) in [4.78, 5) is 12.6. The van der Waals surface area contributed by atoms with Gasteiger partial charge < -0.3 is 11.1 Å². The number of benzene rings is 2. The van der Waals surface area contributed by atoms with E-state index in [1.165, 1.54) is 24.3 Å². The summed E-state index contributed by atoms with van der Waals surface area (Å²) in [6.07, 6.45) is 1.44. The summed E-state index contributed by atoms with van der Waals surface area (Å²) < 4.78 is 27.7. The molecule has 0 saturated carbocycles. The molecule has 27 heavy (non-hydrogen) atoms. The van der Waals surface area contributed by atoms with Crippen molar-refractivity contribution in [3.63, 3.8) is 0 Å². The van der Waals surface area contributed by atoms with Crippen molar-refractivity contribution in [3.8, 4) is 0 Å². The summed E-state index contributed by atoms with van der Waals surface area (Å²) in [6.45, 7) is 6.13. The molecule has 7 heteroatoms. The Morgan fingerprint density at radius 2 is 1.63 bits per heavy atom. The number of carbonyl (C=O) groups excluding carboxylic acids is 1. The zero-order chi connectivity index (χ0) is 20.1. The average molecular weight is 390 g/mol. The molecule has 0 atom stereocenters. The first-order valence-corrected chi connectivity index (χ1v) is 10.5. The third kappa shape index (κ3) is 4.87. The zero-order valence-corrected chi connectivity index (χ0v) is 16.8. The van der Waals surface area contributed by atoms with Gasteiger partial charge in [-0.3, -0.25) is 9.52 Å². The molecular weight excluding hydrogens is 362 g/mol. The molecule has 0 unspecified atom stereocenters. The molecule has 0 radical (unpaired) electrons. The molecule has 4 N–H and O–H groups in total. The van der Waals surface area contributed by atoms with Gasteiger partial charge in [-0.05, 0) is 55.7 Å². The molecule has 1 amide bonds. The molecule has 2 aromatic rings. The number of sulfonamides is 1. The Kier molecular flexibility index (Phi) is 6.62. The van der Waals surface area contributed by atoms with E-state index in [9.17, 15) is 13.2 Å². The molecule has 2 aromatic carbocycles. The lowest BCUT2D eigenvalue weighted by Crippen LogP contribution is -2.52. The molecule has 0 fully saturated rings. The molecule has 0 aliphatic rings. The quantitative estimate of drug-likeness (QED) is 0.646. The van der Waals surface area contributed by atoms with Gasteiger partial charge in [-0.25, -0.2) is 8.42 Å². The van der Waals surface area contributed by atoms with E-state index >= 15 is 0 Å². The van der Waals surface area contributed by atoms with E-state index in [2.05, 4.69) is 10.0 Å². The van der Waals surface area contributed by atoms with Crippen LogP contribution in [0.15, 0.2) is 53.4 Å². The molecule has 0 heterocycles. The van der Waals surface area contributed by atoms with E-state index in [1.807, 2.05) is 32.9 Å². The second-order valence-electron chi connectivity index (χ2n) is 6.59. The highest BCUT2D eigenvalue weighted by atomic mass is 32.2. The number of anilines is 1. The van der Waals surface area contributed by atoms with E-state index in [1.54, 1.807) is 12.1 Å². The number of hydrogen-bond acceptors (Lipinski definition) is 4. The van der Waals surface area contributed by atoms with Gasteiger partial charge in [0.05, 0.1) is 16.1 Å². The van der Waals surface area contributed by atoms with Gasteiger partial charge in [0.2, 0.25) is 0 Å². The normalized spacial score (nSPS) is 11.9. The lowest BCUT2D eigenvalue weighted by Gasteiger charge is -2.31. The van der Waals surface area contributed by atoms with E-state index in [-0.39, 0.29) is 10.8 Å². The van der Waals surface area contributed by atoms with Crippen molar-refractivity contribution in [2.24, 2.45) is 5.73 Å². The highest BCUT2D eigenvalue weighted by molar-refractivity contribution is 7.92. The lowest BCUT2D eigenvalue weighted by atomic mass is 9.92. The largest absolute Gasteiger partial charge is 0.345 e. The van der Waals surface area contributed by atoms with Crippen LogP contribution in [0.2, 0.25) is 0 Å². The third-order valence-electron chi connectivity index (χ3n) is 4.94. The predicted octanol–water partition coefficient (Wildman–Crippen LogP) is 3.04. The number of nitrogens with one attached hydrogen (secondary N) is 2. The predicted molar refractivity (Wildman–Crippen MR) is 108 cm³/mol. The fourth-order valence-corrected chi connectivity index (χ4v) is 3.89. The molecule has 0 aromatic heterocycles. The van der Waals surface area contributed by atoms with E-state index < -0.39 is 15.6 Å². The van der Waals surface area contributed by atoms with Crippen molar-refractivity contribution in [1.82, 2.24) is 5.32 Å². The Morgan fingerprint density at radius 1 is 1.04 bits per heavy atom. The Hall–Kier alpha value is -2.38. The Balaban J connectivity index is 2.19. The topological polar surface area (TPSA) is 101 Å². The van der Waals surface area contributed by atoms with E-state index in [4.69, 9.17) is 5.73 Å². The maximum Gasteiger partial charge on any atom is 0.261 e. The van der Waals surface area contributed by atoms with Crippen LogP contribution in [0.3, 0.4) is 0 Å². The first-order valence-electron chi connectivity index (χ1n) is 8.98. The van der Waals surface area contributed by atoms with Crippen LogP contribution in [0.25, 0.3) is 0 Å². The summed E-state index contributed by atoms with van der Waals surface area (Å²) in [7, 11) is -3.73. The number of aryl methyl sites for hydroxylation is 1. The average Bonchev–Trinajstić information content (AvgIpc) is 2.68. The van der Waals surface area contributed by atoms with Gasteiger partial charge in [0.15, 0.2) is 0 Å². The SMILES string of the molecule is CCC(CC)(CN)NC(=O)c1ccc(S(=O)(=O)Nc2ccccc2C)cc1. The highest BCUT2D eigenvalue weighted by Crippen LogP contribution is 2.20. The van der Waals surface area contributed by atoms with Crippen LogP contribution in [0.5, 0.6) is 0 Å². The smallest absolute Gasteiger partial charge is 0.261 e. The standard InChI is InChI=1S/C20H27N3O3S/c1-4-20(5-2,14-21)22-19(24)16-10-12-17(13-11-16)27(25,26)23-18-9-7-6-8-15(18)3/h6-13,23H,4-5,14,21H2,1-3H3,(H,22,24). The lowest BCUT2D eigenvalue weighted by molar-refractivity contribution is 0.0895. The summed E-state index contributed by atoms with van der Waals surface area (Å²) in [5.41, 5.74) is 7.12. The molecule has 6 nitrogen and oxygen atoms in total. The van der Waals surface area contributed by atoms with Crippen LogP contribution in [-0.2, 0) is 10.0 Å². The maximum absolute atomic E-state index is 12.6. The number of nitrogens with two attached hydrogens (primary N) is 1. The first-order chi connectivity index (χ1) is 12.8. The Labute approximate surface area is 161 Å². The molecular formula is C20H27N3O3S. The second kappa shape index (κ2) is 8.54. The van der Waals surface area contributed by atoms with Gasteiger partial charge in [0.25, 0.3) is 15.9 Å². The molecule has 0 aliphatic heterocycles. The van der Waals surface area contributed by atoms with Crippen molar-refractivity contribution in [2.45, 2.75) is 44.0 Å². The Morgan fingerprint density at radius 3 is 2.15 bits per heavy atom. The van der Waals surface area contributed by atoms with Gasteiger partial charge in [0.1, 0.15) is 0 Å². The molecule has 2 rings (SSSR count). The minimum atomic E-state index is -3.73. The molecule has 0 aliphatic carbocycles.